The van der Waals surface area contributed by atoms with E-state index >= 15 is 0 Å². The molecule has 3 heterocycles. The molecule has 0 radical (unpaired) electrons. The van der Waals surface area contributed by atoms with Gasteiger partial charge in [0.2, 0.25) is 0 Å². The first-order valence-electron chi connectivity index (χ1n) is 9.01. The molecular formula is C18H29IN6O2. The van der Waals surface area contributed by atoms with Crippen LogP contribution in [0, 0.1) is 19.8 Å². The minimum atomic E-state index is -1.11. The van der Waals surface area contributed by atoms with Gasteiger partial charge in [-0.15, -0.1) is 34.2 Å². The van der Waals surface area contributed by atoms with Gasteiger partial charge in [-0.1, -0.05) is 0 Å². The number of halogens is 1. The van der Waals surface area contributed by atoms with E-state index in [0.29, 0.717) is 24.2 Å². The van der Waals surface area contributed by atoms with Crippen LogP contribution in [0.1, 0.15) is 36.5 Å². The number of guanidine groups is 1. The number of fused-ring (bicyclic) bond motifs is 1. The van der Waals surface area contributed by atoms with E-state index in [-0.39, 0.29) is 24.0 Å². The molecule has 0 fully saturated rings. The number of aryl methyl sites for hydroxylation is 3. The number of rotatable bonds is 5. The molecule has 2 atom stereocenters. The van der Waals surface area contributed by atoms with Crippen molar-refractivity contribution in [3.63, 3.8) is 0 Å². The van der Waals surface area contributed by atoms with Crippen LogP contribution in [0.4, 0.5) is 0 Å². The fourth-order valence-corrected chi connectivity index (χ4v) is 3.23. The van der Waals surface area contributed by atoms with Gasteiger partial charge in [0.1, 0.15) is 28.8 Å². The van der Waals surface area contributed by atoms with Crippen LogP contribution in [0.3, 0.4) is 0 Å². The summed E-state index contributed by atoms with van der Waals surface area (Å²) in [7, 11) is 1.73. The van der Waals surface area contributed by atoms with E-state index in [4.69, 9.17) is 4.42 Å². The molecule has 1 aliphatic heterocycles. The van der Waals surface area contributed by atoms with Crippen LogP contribution < -0.4 is 10.6 Å². The van der Waals surface area contributed by atoms with Crippen molar-refractivity contribution in [3.8, 4) is 0 Å². The first-order chi connectivity index (χ1) is 12.4. The molecule has 0 spiro atoms. The number of furan rings is 1. The van der Waals surface area contributed by atoms with Gasteiger partial charge in [0, 0.05) is 26.6 Å². The summed E-state index contributed by atoms with van der Waals surface area (Å²) in [4.78, 5) is 4.25. The van der Waals surface area contributed by atoms with Gasteiger partial charge >= 0.3 is 0 Å². The van der Waals surface area contributed by atoms with E-state index in [1.165, 1.54) is 0 Å². The van der Waals surface area contributed by atoms with Crippen molar-refractivity contribution in [2.75, 3.05) is 20.1 Å². The highest BCUT2D eigenvalue weighted by molar-refractivity contribution is 14.0. The lowest BCUT2D eigenvalue weighted by Crippen LogP contribution is -2.46. The van der Waals surface area contributed by atoms with Crippen LogP contribution in [0.2, 0.25) is 0 Å². The van der Waals surface area contributed by atoms with Gasteiger partial charge in [-0.3, -0.25) is 4.99 Å². The number of aliphatic imine (C=N–C) groups is 1. The zero-order chi connectivity index (χ0) is 18.7. The minimum absolute atomic E-state index is 0. The van der Waals surface area contributed by atoms with E-state index in [2.05, 4.69) is 30.4 Å². The van der Waals surface area contributed by atoms with Crippen molar-refractivity contribution < 1.29 is 9.52 Å². The molecule has 3 rings (SSSR count). The first-order valence-corrected chi connectivity index (χ1v) is 9.01. The largest absolute Gasteiger partial charge is 0.463 e. The molecule has 0 saturated carbocycles. The lowest BCUT2D eigenvalue weighted by atomic mass is 9.99. The minimum Gasteiger partial charge on any atom is -0.463 e. The molecule has 0 saturated heterocycles. The summed E-state index contributed by atoms with van der Waals surface area (Å²) in [5.41, 5.74) is -1.11. The van der Waals surface area contributed by atoms with Crippen LogP contribution in [-0.4, -0.2) is 46.0 Å². The topological polar surface area (TPSA) is 100 Å². The maximum Gasteiger partial charge on any atom is 0.191 e. The standard InChI is InChI=1S/C18H28N6O2.HI/c1-12-5-7-15(26-12)18(3,25)11-21-17(19-4)20-9-14-6-8-16-23-22-13(2)24(16)10-14;/h5,7,14,25H,6,8-11H2,1-4H3,(H2,19,20,21);1H. The van der Waals surface area contributed by atoms with Crippen molar-refractivity contribution in [1.29, 1.82) is 0 Å². The third-order valence-electron chi connectivity index (χ3n) is 4.88. The molecule has 3 N–H and O–H groups in total. The van der Waals surface area contributed by atoms with Crippen LogP contribution in [0.15, 0.2) is 21.5 Å². The molecule has 0 amide bonds. The fraction of sp³-hybridized carbons (Fsp3) is 0.611. The highest BCUT2D eigenvalue weighted by Crippen LogP contribution is 2.22. The molecule has 0 aromatic carbocycles. The number of nitrogens with one attached hydrogen (secondary N) is 2. The van der Waals surface area contributed by atoms with Gasteiger partial charge in [-0.2, -0.15) is 0 Å². The summed E-state index contributed by atoms with van der Waals surface area (Å²) in [5.74, 6) is 4.52. The second-order valence-electron chi connectivity index (χ2n) is 7.17. The van der Waals surface area contributed by atoms with Crippen LogP contribution >= 0.6 is 24.0 Å². The monoisotopic (exact) mass is 488 g/mol. The molecule has 0 bridgehead atoms. The number of hydrogen-bond acceptors (Lipinski definition) is 5. The summed E-state index contributed by atoms with van der Waals surface area (Å²) in [6.07, 6.45) is 2.03. The van der Waals surface area contributed by atoms with Crippen molar-refractivity contribution in [2.45, 2.75) is 45.8 Å². The van der Waals surface area contributed by atoms with Gasteiger partial charge < -0.3 is 24.7 Å². The number of nitrogens with zero attached hydrogens (tertiary/aromatic N) is 4. The molecule has 2 aromatic heterocycles. The Hall–Kier alpha value is -1.62. The summed E-state index contributed by atoms with van der Waals surface area (Å²) >= 11 is 0. The van der Waals surface area contributed by atoms with Crippen molar-refractivity contribution in [3.05, 3.63) is 35.3 Å². The Bertz CT molecular complexity index is 783. The summed E-state index contributed by atoms with van der Waals surface area (Å²) in [6, 6.07) is 3.65. The molecule has 27 heavy (non-hydrogen) atoms. The Morgan fingerprint density at radius 3 is 2.81 bits per heavy atom. The molecule has 150 valence electrons. The average molecular weight is 488 g/mol. The van der Waals surface area contributed by atoms with Crippen LogP contribution in [0.5, 0.6) is 0 Å². The Labute approximate surface area is 176 Å². The normalized spacial score (nSPS) is 19.0. The SMILES string of the molecule is CN=C(NCC1CCc2nnc(C)n2C1)NCC(C)(O)c1ccc(C)o1.I. The molecule has 9 heteroatoms. The Morgan fingerprint density at radius 2 is 2.15 bits per heavy atom. The third kappa shape index (κ3) is 5.22. The molecule has 0 aliphatic carbocycles. The van der Waals surface area contributed by atoms with Crippen molar-refractivity contribution in [2.24, 2.45) is 10.9 Å². The Morgan fingerprint density at radius 1 is 1.37 bits per heavy atom. The van der Waals surface area contributed by atoms with E-state index < -0.39 is 5.60 Å². The Kier molecular flexibility index (Phi) is 7.26. The number of aliphatic hydroxyl groups is 1. The lowest BCUT2D eigenvalue weighted by Gasteiger charge is -2.26. The predicted molar refractivity (Wildman–Crippen MR) is 114 cm³/mol. The van der Waals surface area contributed by atoms with Gasteiger partial charge in [0.05, 0.1) is 6.54 Å². The quantitative estimate of drug-likeness (QED) is 0.337. The van der Waals surface area contributed by atoms with Gasteiger partial charge in [-0.05, 0) is 45.2 Å². The summed E-state index contributed by atoms with van der Waals surface area (Å²) < 4.78 is 7.73. The average Bonchev–Trinajstić information content (AvgIpc) is 3.22. The zero-order valence-corrected chi connectivity index (χ0v) is 18.7. The second-order valence-corrected chi connectivity index (χ2v) is 7.17. The van der Waals surface area contributed by atoms with E-state index in [0.717, 1.165) is 43.3 Å². The zero-order valence-electron chi connectivity index (χ0n) is 16.3. The molecule has 2 unspecified atom stereocenters. The maximum absolute atomic E-state index is 10.6. The van der Waals surface area contributed by atoms with Gasteiger partial charge in [0.25, 0.3) is 0 Å². The van der Waals surface area contributed by atoms with Crippen LogP contribution in [-0.2, 0) is 18.6 Å². The van der Waals surface area contributed by atoms with Crippen molar-refractivity contribution in [1.82, 2.24) is 25.4 Å². The van der Waals surface area contributed by atoms with E-state index in [1.54, 1.807) is 20.0 Å². The third-order valence-corrected chi connectivity index (χ3v) is 4.88. The molecular weight excluding hydrogens is 459 g/mol. The smallest absolute Gasteiger partial charge is 0.191 e. The molecule has 8 nitrogen and oxygen atoms in total. The predicted octanol–water partition coefficient (Wildman–Crippen LogP) is 1.74. The molecule has 1 aliphatic rings. The van der Waals surface area contributed by atoms with Crippen LogP contribution in [0.25, 0.3) is 0 Å². The Balaban J connectivity index is 0.00000261. The van der Waals surface area contributed by atoms with E-state index in [1.807, 2.05) is 19.9 Å². The highest BCUT2D eigenvalue weighted by atomic mass is 127. The first kappa shape index (κ1) is 21.7. The number of hydrogen-bond donors (Lipinski definition) is 3. The summed E-state index contributed by atoms with van der Waals surface area (Å²) in [5, 5.41) is 25.5. The maximum atomic E-state index is 10.6. The fourth-order valence-electron chi connectivity index (χ4n) is 3.23. The number of aromatic nitrogens is 3. The van der Waals surface area contributed by atoms with Gasteiger partial charge in [-0.25, -0.2) is 0 Å². The molecule has 2 aromatic rings. The van der Waals surface area contributed by atoms with E-state index in [9.17, 15) is 5.11 Å². The van der Waals surface area contributed by atoms with Crippen molar-refractivity contribution >= 4 is 29.9 Å². The van der Waals surface area contributed by atoms with Gasteiger partial charge in [0.15, 0.2) is 5.96 Å². The lowest BCUT2D eigenvalue weighted by molar-refractivity contribution is 0.0377. The summed E-state index contributed by atoms with van der Waals surface area (Å²) in [6.45, 7) is 7.61. The second kappa shape index (κ2) is 9.05. The highest BCUT2D eigenvalue weighted by Gasteiger charge is 2.27.